The van der Waals surface area contributed by atoms with Crippen LogP contribution >= 0.6 is 0 Å². The van der Waals surface area contributed by atoms with Crippen LogP contribution in [0.5, 0.6) is 0 Å². The average molecular weight is 208 g/mol. The van der Waals surface area contributed by atoms with E-state index in [9.17, 15) is 9.90 Å². The number of carbonyl (C=O) groups is 1. The first-order chi connectivity index (χ1) is 6.90. The van der Waals surface area contributed by atoms with E-state index in [1.807, 2.05) is 6.07 Å². The Morgan fingerprint density at radius 2 is 1.93 bits per heavy atom. The quantitative estimate of drug-likeness (QED) is 0.796. The number of carboxylic acid groups (broad SMARTS) is 1. The maximum absolute atomic E-state index is 10.9. The molecule has 0 aliphatic carbocycles. The molecule has 0 heterocycles. The van der Waals surface area contributed by atoms with Crippen molar-refractivity contribution in [1.29, 1.82) is 0 Å². The number of aryl methyl sites for hydroxylation is 1. The maximum Gasteiger partial charge on any atom is 0.335 e. The number of carboxylic acids is 1. The van der Waals surface area contributed by atoms with Crippen molar-refractivity contribution in [2.45, 2.75) is 32.3 Å². The summed E-state index contributed by atoms with van der Waals surface area (Å²) in [5.41, 5.74) is 0.333. The van der Waals surface area contributed by atoms with Gasteiger partial charge in [0.2, 0.25) is 0 Å². The summed E-state index contributed by atoms with van der Waals surface area (Å²) < 4.78 is 0. The van der Waals surface area contributed by atoms with Crippen LogP contribution in [0.1, 0.15) is 36.2 Å². The smallest absolute Gasteiger partial charge is 0.335 e. The van der Waals surface area contributed by atoms with E-state index in [0.717, 1.165) is 5.56 Å². The molecule has 82 valence electrons. The van der Waals surface area contributed by atoms with E-state index in [4.69, 9.17) is 5.11 Å². The van der Waals surface area contributed by atoms with Gasteiger partial charge < -0.3 is 10.2 Å². The van der Waals surface area contributed by atoms with Crippen LogP contribution in [-0.4, -0.2) is 21.8 Å². The van der Waals surface area contributed by atoms with E-state index in [1.54, 1.807) is 32.0 Å². The first kappa shape index (κ1) is 11.7. The van der Waals surface area contributed by atoms with Crippen molar-refractivity contribution in [2.24, 2.45) is 0 Å². The molecular formula is C12H16O3. The lowest BCUT2D eigenvalue weighted by Crippen LogP contribution is -2.19. The molecule has 0 aliphatic rings. The Hall–Kier alpha value is -1.35. The lowest BCUT2D eigenvalue weighted by Gasteiger charge is -2.17. The fourth-order valence-corrected chi connectivity index (χ4v) is 1.39. The molecule has 0 amide bonds. The van der Waals surface area contributed by atoms with Gasteiger partial charge in [-0.1, -0.05) is 18.2 Å². The SMILES string of the molecule is CC(C)(O)CCc1ccccc1C(=O)O. The second-order valence-corrected chi connectivity index (χ2v) is 4.27. The van der Waals surface area contributed by atoms with E-state index >= 15 is 0 Å². The van der Waals surface area contributed by atoms with E-state index in [1.165, 1.54) is 0 Å². The van der Waals surface area contributed by atoms with Crippen LogP contribution in [0, 0.1) is 0 Å². The molecule has 0 aliphatic heterocycles. The van der Waals surface area contributed by atoms with Crippen molar-refractivity contribution < 1.29 is 15.0 Å². The molecule has 0 unspecified atom stereocenters. The molecule has 3 heteroatoms. The van der Waals surface area contributed by atoms with Crippen molar-refractivity contribution in [2.75, 3.05) is 0 Å². The summed E-state index contributed by atoms with van der Waals surface area (Å²) in [6.45, 7) is 3.44. The van der Waals surface area contributed by atoms with Gasteiger partial charge in [-0.2, -0.15) is 0 Å². The molecule has 0 saturated carbocycles. The largest absolute Gasteiger partial charge is 0.478 e. The van der Waals surface area contributed by atoms with Crippen LogP contribution < -0.4 is 0 Å². The van der Waals surface area contributed by atoms with E-state index in [0.29, 0.717) is 18.4 Å². The summed E-state index contributed by atoms with van der Waals surface area (Å²) in [6.07, 6.45) is 1.13. The normalized spacial score (nSPS) is 11.4. The Kier molecular flexibility index (Phi) is 3.48. The van der Waals surface area contributed by atoms with Crippen LogP contribution in [0.2, 0.25) is 0 Å². The number of benzene rings is 1. The maximum atomic E-state index is 10.9. The fraction of sp³-hybridized carbons (Fsp3) is 0.417. The predicted octanol–water partition coefficient (Wildman–Crippen LogP) is 2.09. The Bertz CT molecular complexity index is 350. The highest BCUT2D eigenvalue weighted by Crippen LogP contribution is 2.16. The summed E-state index contributed by atoms with van der Waals surface area (Å²) >= 11 is 0. The average Bonchev–Trinajstić information content (AvgIpc) is 2.14. The van der Waals surface area contributed by atoms with Gasteiger partial charge in [0.1, 0.15) is 0 Å². The van der Waals surface area contributed by atoms with Gasteiger partial charge in [0.15, 0.2) is 0 Å². The molecule has 1 aromatic carbocycles. The molecule has 3 nitrogen and oxygen atoms in total. The first-order valence-corrected chi connectivity index (χ1v) is 4.94. The van der Waals surface area contributed by atoms with Crippen molar-refractivity contribution >= 4 is 5.97 Å². The van der Waals surface area contributed by atoms with Crippen LogP contribution in [0.4, 0.5) is 0 Å². The van der Waals surface area contributed by atoms with Crippen LogP contribution in [0.25, 0.3) is 0 Å². The highest BCUT2D eigenvalue weighted by atomic mass is 16.4. The number of hydrogen-bond donors (Lipinski definition) is 2. The Morgan fingerprint density at radius 3 is 2.47 bits per heavy atom. The van der Waals surface area contributed by atoms with Crippen LogP contribution in [0.15, 0.2) is 24.3 Å². The summed E-state index contributed by atoms with van der Waals surface area (Å²) in [4.78, 5) is 10.9. The van der Waals surface area contributed by atoms with Crippen LogP contribution in [0.3, 0.4) is 0 Å². The monoisotopic (exact) mass is 208 g/mol. The van der Waals surface area contributed by atoms with Gasteiger partial charge in [0.25, 0.3) is 0 Å². The van der Waals surface area contributed by atoms with Gasteiger partial charge in [-0.3, -0.25) is 0 Å². The minimum atomic E-state index is -0.915. The Morgan fingerprint density at radius 1 is 1.33 bits per heavy atom. The summed E-state index contributed by atoms with van der Waals surface area (Å²) in [5.74, 6) is -0.915. The zero-order valence-corrected chi connectivity index (χ0v) is 9.03. The topological polar surface area (TPSA) is 57.5 Å². The summed E-state index contributed by atoms with van der Waals surface area (Å²) in [6, 6.07) is 6.89. The molecule has 0 atom stereocenters. The van der Waals surface area contributed by atoms with Gasteiger partial charge in [0, 0.05) is 0 Å². The molecular weight excluding hydrogens is 192 g/mol. The lowest BCUT2D eigenvalue weighted by molar-refractivity contribution is 0.0673. The summed E-state index contributed by atoms with van der Waals surface area (Å²) in [5, 5.41) is 18.5. The van der Waals surface area contributed by atoms with E-state index in [-0.39, 0.29) is 0 Å². The molecule has 0 saturated heterocycles. The minimum absolute atomic E-state index is 0.321. The van der Waals surface area contributed by atoms with Crippen molar-refractivity contribution in [3.8, 4) is 0 Å². The zero-order chi connectivity index (χ0) is 11.5. The molecule has 0 aromatic heterocycles. The fourth-order valence-electron chi connectivity index (χ4n) is 1.39. The third-order valence-corrected chi connectivity index (χ3v) is 2.25. The Labute approximate surface area is 89.4 Å². The van der Waals surface area contributed by atoms with Gasteiger partial charge in [-0.25, -0.2) is 4.79 Å². The first-order valence-electron chi connectivity index (χ1n) is 4.94. The number of hydrogen-bond acceptors (Lipinski definition) is 2. The molecule has 0 fully saturated rings. The zero-order valence-electron chi connectivity index (χ0n) is 9.03. The molecule has 1 aromatic rings. The third-order valence-electron chi connectivity index (χ3n) is 2.25. The standard InChI is InChI=1S/C12H16O3/c1-12(2,15)8-7-9-5-3-4-6-10(9)11(13)14/h3-6,15H,7-8H2,1-2H3,(H,13,14). The van der Waals surface area contributed by atoms with Crippen molar-refractivity contribution in [1.82, 2.24) is 0 Å². The highest BCUT2D eigenvalue weighted by Gasteiger charge is 2.15. The van der Waals surface area contributed by atoms with Gasteiger partial charge in [0.05, 0.1) is 11.2 Å². The van der Waals surface area contributed by atoms with Crippen molar-refractivity contribution in [3.05, 3.63) is 35.4 Å². The van der Waals surface area contributed by atoms with Gasteiger partial charge >= 0.3 is 5.97 Å². The molecule has 0 spiro atoms. The molecule has 2 N–H and O–H groups in total. The van der Waals surface area contributed by atoms with Crippen LogP contribution in [-0.2, 0) is 6.42 Å². The number of aliphatic hydroxyl groups is 1. The predicted molar refractivity (Wildman–Crippen MR) is 58.0 cm³/mol. The highest BCUT2D eigenvalue weighted by molar-refractivity contribution is 5.89. The van der Waals surface area contributed by atoms with E-state index in [2.05, 4.69) is 0 Å². The molecule has 0 radical (unpaired) electrons. The minimum Gasteiger partial charge on any atom is -0.478 e. The third kappa shape index (κ3) is 3.72. The second-order valence-electron chi connectivity index (χ2n) is 4.27. The van der Waals surface area contributed by atoms with E-state index < -0.39 is 11.6 Å². The van der Waals surface area contributed by atoms with Crippen molar-refractivity contribution in [3.63, 3.8) is 0 Å². The molecule has 0 bridgehead atoms. The number of rotatable bonds is 4. The molecule has 15 heavy (non-hydrogen) atoms. The van der Waals surface area contributed by atoms with Gasteiger partial charge in [-0.05, 0) is 38.3 Å². The summed E-state index contributed by atoms with van der Waals surface area (Å²) in [7, 11) is 0. The van der Waals surface area contributed by atoms with Gasteiger partial charge in [-0.15, -0.1) is 0 Å². The Balaban J connectivity index is 2.81. The lowest BCUT2D eigenvalue weighted by atomic mass is 9.96. The number of aromatic carboxylic acids is 1. The second kappa shape index (κ2) is 4.45. The molecule has 1 rings (SSSR count).